The Balaban J connectivity index is 1.25. The summed E-state index contributed by atoms with van der Waals surface area (Å²) in [6.45, 7) is 11.2. The van der Waals surface area contributed by atoms with Crippen LogP contribution >= 0.6 is 11.3 Å². The second-order valence-corrected chi connectivity index (χ2v) is 14.2. The molecule has 258 valence electrons. The van der Waals surface area contributed by atoms with Crippen molar-refractivity contribution in [2.45, 2.75) is 20.8 Å². The molecule has 0 saturated heterocycles. The van der Waals surface area contributed by atoms with Crippen molar-refractivity contribution in [1.82, 2.24) is 0 Å². The predicted molar refractivity (Wildman–Crippen MR) is 234 cm³/mol. The molecular formula is C50H41NOS. The van der Waals surface area contributed by atoms with Gasteiger partial charge in [-0.1, -0.05) is 146 Å². The number of furan rings is 1. The highest BCUT2D eigenvalue weighted by atomic mass is 32.1. The van der Waals surface area contributed by atoms with Gasteiger partial charge in [-0.15, -0.1) is 11.3 Å². The van der Waals surface area contributed by atoms with E-state index in [0.717, 1.165) is 44.3 Å². The summed E-state index contributed by atoms with van der Waals surface area (Å²) in [6.07, 6.45) is 17.3. The van der Waals surface area contributed by atoms with Gasteiger partial charge in [-0.25, -0.2) is 0 Å². The molecule has 0 aliphatic rings. The van der Waals surface area contributed by atoms with Crippen LogP contribution in [0.25, 0.3) is 70.4 Å². The fraction of sp³-hybridized carbons (Fsp3) is 0.0800. The topological polar surface area (TPSA) is 16.4 Å². The molecule has 8 aromatic rings. The van der Waals surface area contributed by atoms with E-state index in [-0.39, 0.29) is 0 Å². The minimum absolute atomic E-state index is 0.689. The summed E-state index contributed by atoms with van der Waals surface area (Å²) in [6, 6.07) is 43.3. The fourth-order valence-electron chi connectivity index (χ4n) is 7.46. The fourth-order valence-corrected chi connectivity index (χ4v) is 8.68. The van der Waals surface area contributed by atoms with Crippen LogP contribution in [0.1, 0.15) is 37.7 Å². The zero-order valence-electron chi connectivity index (χ0n) is 30.3. The monoisotopic (exact) mass is 703 g/mol. The molecular weight excluding hydrogens is 663 g/mol. The van der Waals surface area contributed by atoms with Crippen molar-refractivity contribution >= 4 is 87.4 Å². The molecule has 0 aliphatic carbocycles. The minimum atomic E-state index is 0.689. The third-order valence-electron chi connectivity index (χ3n) is 10.1. The number of rotatable bonds is 10. The Bertz CT molecular complexity index is 2810. The lowest BCUT2D eigenvalue weighted by molar-refractivity contribution is 0.606. The van der Waals surface area contributed by atoms with Gasteiger partial charge in [-0.05, 0) is 84.0 Å². The quantitative estimate of drug-likeness (QED) is 0.132. The molecule has 0 N–H and O–H groups in total. The van der Waals surface area contributed by atoms with E-state index in [9.17, 15) is 0 Å². The van der Waals surface area contributed by atoms with Gasteiger partial charge in [-0.2, -0.15) is 0 Å². The molecule has 2 aromatic heterocycles. The molecule has 0 bridgehead atoms. The number of fused-ring (bicyclic) bond motifs is 7. The first-order valence-corrected chi connectivity index (χ1v) is 19.0. The number of hydrogen-bond donors (Lipinski definition) is 0. The van der Waals surface area contributed by atoms with Gasteiger partial charge >= 0.3 is 0 Å². The Morgan fingerprint density at radius 2 is 1.40 bits per heavy atom. The molecule has 53 heavy (non-hydrogen) atoms. The number of nitrogens with zero attached hydrogens (tertiary/aromatic N) is 1. The van der Waals surface area contributed by atoms with E-state index in [1.54, 1.807) is 0 Å². The Labute approximate surface area is 315 Å². The summed E-state index contributed by atoms with van der Waals surface area (Å²) in [5.41, 5.74) is 7.82. The van der Waals surface area contributed by atoms with E-state index in [4.69, 9.17) is 4.42 Å². The number of allylic oxidation sites excluding steroid dienone is 8. The lowest BCUT2D eigenvalue weighted by atomic mass is 9.97. The lowest BCUT2D eigenvalue weighted by Gasteiger charge is -2.26. The van der Waals surface area contributed by atoms with Gasteiger partial charge in [0.2, 0.25) is 0 Å². The number of anilines is 1. The molecule has 3 heteroatoms. The largest absolute Gasteiger partial charge is 0.455 e. The van der Waals surface area contributed by atoms with Crippen LogP contribution in [0.3, 0.4) is 0 Å². The maximum Gasteiger partial charge on any atom is 0.143 e. The van der Waals surface area contributed by atoms with Crippen molar-refractivity contribution in [2.75, 3.05) is 11.4 Å². The highest BCUT2D eigenvalue weighted by Gasteiger charge is 2.17. The Hall–Kier alpha value is -6.16. The van der Waals surface area contributed by atoms with Crippen LogP contribution in [-0.2, 0) is 0 Å². The summed E-state index contributed by atoms with van der Waals surface area (Å²) < 4.78 is 9.01. The Morgan fingerprint density at radius 1 is 0.698 bits per heavy atom. The first-order chi connectivity index (χ1) is 26.1. The standard InChI is InChI=1S/C50H41NOS/c1-5-17-36(29-31-42-44-32-30-38-19-9-11-23-41(38)49(44)52-47(42)7-3)34(4)51(46-27-15-26-45-43-24-12-13-28-48(43)53-50(45)46)33-16-21-35(6-2)39-25-14-20-37-18-8-10-22-40(37)39/h5-32H,3,33H2,1-2,4H3/b17-5-,21-16-,31-29+,35-6+,36-34-. The zero-order valence-corrected chi connectivity index (χ0v) is 31.2. The molecule has 0 saturated carbocycles. The highest BCUT2D eigenvalue weighted by molar-refractivity contribution is 7.26. The summed E-state index contributed by atoms with van der Waals surface area (Å²) in [5.74, 6) is 0.771. The number of hydrogen-bond acceptors (Lipinski definition) is 3. The zero-order chi connectivity index (χ0) is 36.3. The summed E-state index contributed by atoms with van der Waals surface area (Å²) in [7, 11) is 0. The second-order valence-electron chi connectivity index (χ2n) is 13.2. The molecule has 0 amide bonds. The highest BCUT2D eigenvalue weighted by Crippen LogP contribution is 2.41. The van der Waals surface area contributed by atoms with Crippen molar-refractivity contribution in [3.05, 3.63) is 193 Å². The van der Waals surface area contributed by atoms with E-state index >= 15 is 0 Å². The van der Waals surface area contributed by atoms with Gasteiger partial charge in [0, 0.05) is 44.1 Å². The summed E-state index contributed by atoms with van der Waals surface area (Å²) in [5, 5.41) is 8.42. The van der Waals surface area contributed by atoms with E-state index in [1.807, 2.05) is 17.4 Å². The van der Waals surface area contributed by atoms with Crippen molar-refractivity contribution in [3.8, 4) is 0 Å². The predicted octanol–water partition coefficient (Wildman–Crippen LogP) is 14.8. The average Bonchev–Trinajstić information content (AvgIpc) is 3.78. The smallest absolute Gasteiger partial charge is 0.143 e. The van der Waals surface area contributed by atoms with Crippen LogP contribution in [0.4, 0.5) is 5.69 Å². The molecule has 0 aliphatic heterocycles. The second kappa shape index (κ2) is 14.8. The molecule has 6 aromatic carbocycles. The van der Waals surface area contributed by atoms with E-state index in [1.165, 1.54) is 47.8 Å². The molecule has 8 rings (SSSR count). The van der Waals surface area contributed by atoms with Crippen molar-refractivity contribution in [1.29, 1.82) is 0 Å². The minimum Gasteiger partial charge on any atom is -0.455 e. The van der Waals surface area contributed by atoms with Gasteiger partial charge in [0.15, 0.2) is 0 Å². The molecule has 0 spiro atoms. The molecule has 0 fully saturated rings. The summed E-state index contributed by atoms with van der Waals surface area (Å²) in [4.78, 5) is 2.46. The van der Waals surface area contributed by atoms with Gasteiger partial charge in [0.25, 0.3) is 0 Å². The van der Waals surface area contributed by atoms with Crippen LogP contribution in [0.5, 0.6) is 0 Å². The maximum atomic E-state index is 6.43. The van der Waals surface area contributed by atoms with E-state index in [0.29, 0.717) is 6.54 Å². The SMILES string of the molecule is C=Cc1oc2c(ccc3ccccc32)c1/C=C/C(/C=C\C)=C(/C)N(C/C=C\C(=C/C)c1cccc2ccccc12)c1cccc2c1sc1ccccc12. The van der Waals surface area contributed by atoms with Gasteiger partial charge in [-0.3, -0.25) is 0 Å². The van der Waals surface area contributed by atoms with Crippen molar-refractivity contribution < 1.29 is 4.42 Å². The average molecular weight is 704 g/mol. The van der Waals surface area contributed by atoms with Gasteiger partial charge < -0.3 is 9.32 Å². The van der Waals surface area contributed by atoms with E-state index in [2.05, 4.69) is 196 Å². The lowest BCUT2D eigenvalue weighted by Crippen LogP contribution is -2.22. The maximum absolute atomic E-state index is 6.43. The third-order valence-corrected chi connectivity index (χ3v) is 11.3. The van der Waals surface area contributed by atoms with Gasteiger partial charge in [0.05, 0.1) is 10.4 Å². The third kappa shape index (κ3) is 6.34. The van der Waals surface area contributed by atoms with Crippen LogP contribution in [0.15, 0.2) is 180 Å². The van der Waals surface area contributed by atoms with Crippen LogP contribution in [0.2, 0.25) is 0 Å². The summed E-state index contributed by atoms with van der Waals surface area (Å²) >= 11 is 1.86. The molecule has 2 heterocycles. The van der Waals surface area contributed by atoms with Crippen molar-refractivity contribution in [3.63, 3.8) is 0 Å². The Morgan fingerprint density at radius 3 is 2.19 bits per heavy atom. The molecule has 0 radical (unpaired) electrons. The van der Waals surface area contributed by atoms with E-state index < -0.39 is 0 Å². The number of thiophene rings is 1. The molecule has 2 nitrogen and oxygen atoms in total. The number of benzene rings is 6. The van der Waals surface area contributed by atoms with Crippen molar-refractivity contribution in [2.24, 2.45) is 0 Å². The Kier molecular flexibility index (Phi) is 9.50. The molecule has 0 atom stereocenters. The first-order valence-electron chi connectivity index (χ1n) is 18.2. The van der Waals surface area contributed by atoms with Gasteiger partial charge in [0.1, 0.15) is 11.3 Å². The van der Waals surface area contributed by atoms with Crippen LogP contribution in [-0.4, -0.2) is 6.54 Å². The first kappa shape index (κ1) is 34.0. The van der Waals surface area contributed by atoms with Crippen LogP contribution in [0, 0.1) is 0 Å². The van der Waals surface area contributed by atoms with Crippen LogP contribution < -0.4 is 4.90 Å². The normalized spacial score (nSPS) is 13.2. The molecule has 0 unspecified atom stereocenters.